The molecule has 16 heavy (non-hydrogen) atoms. The summed E-state index contributed by atoms with van der Waals surface area (Å²) in [6.07, 6.45) is -3.99. The van der Waals surface area contributed by atoms with Crippen molar-refractivity contribution in [2.45, 2.75) is 25.4 Å². The highest BCUT2D eigenvalue weighted by Crippen LogP contribution is 2.32. The van der Waals surface area contributed by atoms with Gasteiger partial charge in [0.1, 0.15) is 0 Å². The molecule has 4 heteroatoms. The molecule has 1 aromatic carbocycles. The van der Waals surface area contributed by atoms with Gasteiger partial charge in [0.05, 0.1) is 5.92 Å². The largest absolute Gasteiger partial charge is 0.396 e. The van der Waals surface area contributed by atoms with Gasteiger partial charge in [-0.25, -0.2) is 0 Å². The Kier molecular flexibility index (Phi) is 4.80. The number of hydrogen-bond donors (Lipinski definition) is 1. The lowest BCUT2D eigenvalue weighted by Crippen LogP contribution is -2.24. The van der Waals surface area contributed by atoms with Crippen molar-refractivity contribution in [1.82, 2.24) is 0 Å². The standard InChI is InChI=1S/C12H15F3O/c13-12(14,15)11(8-9-16)7-6-10-4-2-1-3-5-10/h1-5,11,16H,6-9H2. The van der Waals surface area contributed by atoms with Crippen LogP contribution in [0, 0.1) is 5.92 Å². The summed E-state index contributed by atoms with van der Waals surface area (Å²) in [5, 5.41) is 8.60. The van der Waals surface area contributed by atoms with Crippen molar-refractivity contribution in [1.29, 1.82) is 0 Å². The molecule has 90 valence electrons. The topological polar surface area (TPSA) is 20.2 Å². The zero-order valence-electron chi connectivity index (χ0n) is 8.87. The van der Waals surface area contributed by atoms with Crippen LogP contribution in [0.2, 0.25) is 0 Å². The predicted octanol–water partition coefficient (Wildman–Crippen LogP) is 3.18. The lowest BCUT2D eigenvalue weighted by molar-refractivity contribution is -0.179. The summed E-state index contributed by atoms with van der Waals surface area (Å²) < 4.78 is 37.5. The first kappa shape index (κ1) is 13.0. The Bertz CT molecular complexity index is 295. The van der Waals surface area contributed by atoms with Gasteiger partial charge in [0.15, 0.2) is 0 Å². The third-order valence-corrected chi connectivity index (χ3v) is 2.56. The van der Waals surface area contributed by atoms with Crippen LogP contribution in [0.25, 0.3) is 0 Å². The Balaban J connectivity index is 2.51. The molecule has 1 aromatic rings. The molecule has 1 atom stereocenters. The highest BCUT2D eigenvalue weighted by atomic mass is 19.4. The van der Waals surface area contributed by atoms with Crippen molar-refractivity contribution >= 4 is 0 Å². The number of aliphatic hydroxyl groups is 1. The number of aryl methyl sites for hydroxylation is 1. The average Bonchev–Trinajstić information content (AvgIpc) is 2.24. The van der Waals surface area contributed by atoms with Gasteiger partial charge in [-0.15, -0.1) is 0 Å². The molecule has 1 rings (SSSR count). The highest BCUT2D eigenvalue weighted by molar-refractivity contribution is 5.14. The molecule has 1 unspecified atom stereocenters. The second-order valence-electron chi connectivity index (χ2n) is 3.78. The fraction of sp³-hybridized carbons (Fsp3) is 0.500. The molecule has 1 N–H and O–H groups in total. The molecular weight excluding hydrogens is 217 g/mol. The molecule has 0 spiro atoms. The average molecular weight is 232 g/mol. The van der Waals surface area contributed by atoms with Gasteiger partial charge in [-0.3, -0.25) is 0 Å². The maximum Gasteiger partial charge on any atom is 0.391 e. The van der Waals surface area contributed by atoms with Gasteiger partial charge in [0, 0.05) is 6.61 Å². The third-order valence-electron chi connectivity index (χ3n) is 2.56. The smallest absolute Gasteiger partial charge is 0.391 e. The van der Waals surface area contributed by atoms with Crippen molar-refractivity contribution in [3.8, 4) is 0 Å². The molecule has 0 amide bonds. The van der Waals surface area contributed by atoms with Gasteiger partial charge in [0.25, 0.3) is 0 Å². The first-order chi connectivity index (χ1) is 7.54. The molecule has 1 nitrogen and oxygen atoms in total. The Morgan fingerprint density at radius 2 is 1.69 bits per heavy atom. The first-order valence-corrected chi connectivity index (χ1v) is 5.25. The van der Waals surface area contributed by atoms with Crippen LogP contribution in [0.5, 0.6) is 0 Å². The van der Waals surface area contributed by atoms with E-state index in [4.69, 9.17) is 5.11 Å². The van der Waals surface area contributed by atoms with Gasteiger partial charge in [-0.1, -0.05) is 30.3 Å². The monoisotopic (exact) mass is 232 g/mol. The fourth-order valence-electron chi connectivity index (χ4n) is 1.61. The van der Waals surface area contributed by atoms with Gasteiger partial charge in [-0.2, -0.15) is 13.2 Å². The third kappa shape index (κ3) is 4.23. The quantitative estimate of drug-likeness (QED) is 0.826. The molecule has 0 heterocycles. The Morgan fingerprint density at radius 1 is 1.06 bits per heavy atom. The summed E-state index contributed by atoms with van der Waals surface area (Å²) in [7, 11) is 0. The van der Waals surface area contributed by atoms with E-state index >= 15 is 0 Å². The lowest BCUT2D eigenvalue weighted by Gasteiger charge is -2.19. The van der Waals surface area contributed by atoms with Crippen molar-refractivity contribution in [3.63, 3.8) is 0 Å². The van der Waals surface area contributed by atoms with Crippen molar-refractivity contribution < 1.29 is 18.3 Å². The van der Waals surface area contributed by atoms with Crippen LogP contribution in [0.4, 0.5) is 13.2 Å². The van der Waals surface area contributed by atoms with Crippen LogP contribution in [0.1, 0.15) is 18.4 Å². The molecule has 0 radical (unpaired) electrons. The molecule has 0 bridgehead atoms. The number of hydrogen-bond acceptors (Lipinski definition) is 1. The molecule has 0 aliphatic carbocycles. The van der Waals surface area contributed by atoms with Crippen LogP contribution in [-0.4, -0.2) is 17.9 Å². The van der Waals surface area contributed by atoms with Crippen LogP contribution in [-0.2, 0) is 6.42 Å². The van der Waals surface area contributed by atoms with E-state index in [0.717, 1.165) is 5.56 Å². The van der Waals surface area contributed by atoms with E-state index < -0.39 is 18.7 Å². The van der Waals surface area contributed by atoms with E-state index in [1.807, 2.05) is 30.3 Å². The molecular formula is C12H15F3O. The van der Waals surface area contributed by atoms with Gasteiger partial charge in [0.2, 0.25) is 0 Å². The number of benzene rings is 1. The molecule has 0 aliphatic rings. The number of aliphatic hydroxyl groups excluding tert-OH is 1. The van der Waals surface area contributed by atoms with Gasteiger partial charge in [-0.05, 0) is 24.8 Å². The second-order valence-corrected chi connectivity index (χ2v) is 3.78. The number of halogens is 3. The molecule has 0 saturated heterocycles. The van der Waals surface area contributed by atoms with Crippen molar-refractivity contribution in [2.24, 2.45) is 5.92 Å². The zero-order valence-corrected chi connectivity index (χ0v) is 8.87. The van der Waals surface area contributed by atoms with Crippen molar-refractivity contribution in [3.05, 3.63) is 35.9 Å². The van der Waals surface area contributed by atoms with Crippen LogP contribution in [0.3, 0.4) is 0 Å². The summed E-state index contributed by atoms with van der Waals surface area (Å²) in [6.45, 7) is -0.418. The van der Waals surface area contributed by atoms with E-state index in [2.05, 4.69) is 0 Å². The molecule has 0 fully saturated rings. The van der Waals surface area contributed by atoms with Crippen LogP contribution in [0.15, 0.2) is 30.3 Å². The number of alkyl halides is 3. The maximum atomic E-state index is 12.5. The predicted molar refractivity (Wildman–Crippen MR) is 56.0 cm³/mol. The summed E-state index contributed by atoms with van der Waals surface area (Å²) in [4.78, 5) is 0. The first-order valence-electron chi connectivity index (χ1n) is 5.25. The number of rotatable bonds is 5. The maximum absolute atomic E-state index is 12.5. The van der Waals surface area contributed by atoms with E-state index in [9.17, 15) is 13.2 Å². The Morgan fingerprint density at radius 3 is 2.19 bits per heavy atom. The van der Waals surface area contributed by atoms with E-state index in [-0.39, 0.29) is 12.8 Å². The summed E-state index contributed by atoms with van der Waals surface area (Å²) in [5.41, 5.74) is 0.898. The Labute approximate surface area is 92.9 Å². The summed E-state index contributed by atoms with van der Waals surface area (Å²) in [5.74, 6) is -1.40. The van der Waals surface area contributed by atoms with Gasteiger partial charge >= 0.3 is 6.18 Å². The van der Waals surface area contributed by atoms with Gasteiger partial charge < -0.3 is 5.11 Å². The second kappa shape index (κ2) is 5.89. The van der Waals surface area contributed by atoms with Crippen LogP contribution >= 0.6 is 0 Å². The Hall–Kier alpha value is -1.03. The lowest BCUT2D eigenvalue weighted by atomic mass is 9.96. The van der Waals surface area contributed by atoms with Crippen molar-refractivity contribution in [2.75, 3.05) is 6.61 Å². The van der Waals surface area contributed by atoms with E-state index in [1.54, 1.807) is 0 Å². The minimum atomic E-state index is -4.21. The summed E-state index contributed by atoms with van der Waals surface area (Å²) in [6, 6.07) is 9.07. The minimum Gasteiger partial charge on any atom is -0.396 e. The molecule has 0 aromatic heterocycles. The molecule has 0 saturated carbocycles. The minimum absolute atomic E-state index is 0.0358. The van der Waals surface area contributed by atoms with E-state index in [1.165, 1.54) is 0 Å². The SMILES string of the molecule is OCCC(CCc1ccccc1)C(F)(F)F. The fourth-order valence-corrected chi connectivity index (χ4v) is 1.61. The normalized spacial score (nSPS) is 13.8. The summed E-state index contributed by atoms with van der Waals surface area (Å²) >= 11 is 0. The highest BCUT2D eigenvalue weighted by Gasteiger charge is 2.38. The van der Waals surface area contributed by atoms with E-state index in [0.29, 0.717) is 6.42 Å². The van der Waals surface area contributed by atoms with Crippen LogP contribution < -0.4 is 0 Å². The zero-order chi connectivity index (χ0) is 12.0. The molecule has 0 aliphatic heterocycles.